The predicted molar refractivity (Wildman–Crippen MR) is 62.7 cm³/mol. The molecule has 0 aliphatic heterocycles. The highest BCUT2D eigenvalue weighted by Gasteiger charge is 2.15. The molecule has 0 spiro atoms. The number of ether oxygens (including phenoxy) is 1. The lowest BCUT2D eigenvalue weighted by molar-refractivity contribution is 0.408. The van der Waals surface area contributed by atoms with Crippen LogP contribution in [-0.2, 0) is 0 Å². The molecule has 0 radical (unpaired) electrons. The first kappa shape index (κ1) is 11.0. The Balaban J connectivity index is 2.40. The van der Waals surface area contributed by atoms with Gasteiger partial charge in [-0.2, -0.15) is 0 Å². The van der Waals surface area contributed by atoms with Gasteiger partial charge in [-0.1, -0.05) is 17.7 Å². The van der Waals surface area contributed by atoms with E-state index in [1.165, 1.54) is 0 Å². The SMILES string of the molecule is COc1cc(Cl)ccc1C(N)c1ccoc1. The Hall–Kier alpha value is -1.45. The number of hydrogen-bond acceptors (Lipinski definition) is 3. The summed E-state index contributed by atoms with van der Waals surface area (Å²) in [4.78, 5) is 0. The molecule has 0 saturated carbocycles. The molecule has 0 amide bonds. The van der Waals surface area contributed by atoms with Crippen molar-refractivity contribution in [1.82, 2.24) is 0 Å². The standard InChI is InChI=1S/C12H12ClNO2/c1-15-11-6-9(13)2-3-10(11)12(14)8-4-5-16-7-8/h2-7,12H,14H2,1H3. The summed E-state index contributed by atoms with van der Waals surface area (Å²) in [6.07, 6.45) is 3.22. The minimum Gasteiger partial charge on any atom is -0.496 e. The fourth-order valence-electron chi connectivity index (χ4n) is 1.57. The van der Waals surface area contributed by atoms with Crippen molar-refractivity contribution in [3.05, 3.63) is 52.9 Å². The fourth-order valence-corrected chi connectivity index (χ4v) is 1.74. The van der Waals surface area contributed by atoms with Gasteiger partial charge in [-0.25, -0.2) is 0 Å². The monoisotopic (exact) mass is 237 g/mol. The number of nitrogens with two attached hydrogens (primary N) is 1. The van der Waals surface area contributed by atoms with E-state index in [4.69, 9.17) is 26.5 Å². The van der Waals surface area contributed by atoms with Crippen LogP contribution >= 0.6 is 11.6 Å². The molecule has 0 aliphatic rings. The molecule has 2 aromatic rings. The molecule has 0 bridgehead atoms. The van der Waals surface area contributed by atoms with Crippen LogP contribution in [0.15, 0.2) is 41.2 Å². The Labute approximate surface area is 98.8 Å². The smallest absolute Gasteiger partial charge is 0.125 e. The van der Waals surface area contributed by atoms with Gasteiger partial charge in [-0.15, -0.1) is 0 Å². The van der Waals surface area contributed by atoms with Crippen molar-refractivity contribution in [2.24, 2.45) is 5.73 Å². The van der Waals surface area contributed by atoms with E-state index in [0.29, 0.717) is 10.8 Å². The van der Waals surface area contributed by atoms with Crippen molar-refractivity contribution < 1.29 is 9.15 Å². The number of halogens is 1. The van der Waals surface area contributed by atoms with Crippen LogP contribution in [0.5, 0.6) is 5.75 Å². The summed E-state index contributed by atoms with van der Waals surface area (Å²) in [6.45, 7) is 0. The molecule has 16 heavy (non-hydrogen) atoms. The van der Waals surface area contributed by atoms with Crippen LogP contribution in [0.1, 0.15) is 17.2 Å². The Morgan fingerprint density at radius 1 is 1.38 bits per heavy atom. The van der Waals surface area contributed by atoms with E-state index in [2.05, 4.69) is 0 Å². The second kappa shape index (κ2) is 4.60. The first-order valence-corrected chi connectivity index (χ1v) is 5.21. The number of rotatable bonds is 3. The van der Waals surface area contributed by atoms with Gasteiger partial charge < -0.3 is 14.9 Å². The van der Waals surface area contributed by atoms with E-state index < -0.39 is 0 Å². The van der Waals surface area contributed by atoms with Crippen molar-refractivity contribution in [2.45, 2.75) is 6.04 Å². The molecule has 1 atom stereocenters. The molecule has 1 aromatic carbocycles. The molecule has 0 fully saturated rings. The molecule has 4 heteroatoms. The highest BCUT2D eigenvalue weighted by Crippen LogP contribution is 2.30. The van der Waals surface area contributed by atoms with Crippen LogP contribution in [0.2, 0.25) is 5.02 Å². The van der Waals surface area contributed by atoms with Gasteiger partial charge in [0.15, 0.2) is 0 Å². The molecule has 84 valence electrons. The van der Waals surface area contributed by atoms with E-state index >= 15 is 0 Å². The lowest BCUT2D eigenvalue weighted by Gasteiger charge is -2.14. The summed E-state index contributed by atoms with van der Waals surface area (Å²) in [6, 6.07) is 6.96. The first-order chi connectivity index (χ1) is 7.72. The van der Waals surface area contributed by atoms with Crippen molar-refractivity contribution in [2.75, 3.05) is 7.11 Å². The van der Waals surface area contributed by atoms with Gasteiger partial charge in [0, 0.05) is 16.1 Å². The van der Waals surface area contributed by atoms with Crippen LogP contribution in [-0.4, -0.2) is 7.11 Å². The second-order valence-electron chi connectivity index (χ2n) is 3.42. The highest BCUT2D eigenvalue weighted by atomic mass is 35.5. The second-order valence-corrected chi connectivity index (χ2v) is 3.86. The van der Waals surface area contributed by atoms with Crippen molar-refractivity contribution in [3.8, 4) is 5.75 Å². The Morgan fingerprint density at radius 2 is 2.19 bits per heavy atom. The van der Waals surface area contributed by atoms with E-state index in [1.807, 2.05) is 12.1 Å². The molecule has 1 heterocycles. The average Bonchev–Trinajstić information content (AvgIpc) is 2.81. The first-order valence-electron chi connectivity index (χ1n) is 4.83. The van der Waals surface area contributed by atoms with Crippen LogP contribution < -0.4 is 10.5 Å². The average molecular weight is 238 g/mol. The molecule has 2 N–H and O–H groups in total. The lowest BCUT2D eigenvalue weighted by atomic mass is 10.0. The highest BCUT2D eigenvalue weighted by molar-refractivity contribution is 6.30. The summed E-state index contributed by atoms with van der Waals surface area (Å²) in [5, 5.41) is 0.625. The maximum Gasteiger partial charge on any atom is 0.125 e. The molecule has 0 saturated heterocycles. The Bertz CT molecular complexity index is 468. The zero-order valence-electron chi connectivity index (χ0n) is 8.81. The Morgan fingerprint density at radius 3 is 2.81 bits per heavy atom. The number of hydrogen-bond donors (Lipinski definition) is 1. The van der Waals surface area contributed by atoms with Crippen molar-refractivity contribution in [1.29, 1.82) is 0 Å². The van der Waals surface area contributed by atoms with Gasteiger partial charge in [0.2, 0.25) is 0 Å². The summed E-state index contributed by atoms with van der Waals surface area (Å²) in [5.74, 6) is 0.682. The van der Waals surface area contributed by atoms with Crippen LogP contribution in [0.25, 0.3) is 0 Å². The van der Waals surface area contributed by atoms with Crippen molar-refractivity contribution >= 4 is 11.6 Å². The summed E-state index contributed by atoms with van der Waals surface area (Å²) < 4.78 is 10.3. The number of furan rings is 1. The quantitative estimate of drug-likeness (QED) is 0.893. The third kappa shape index (κ3) is 2.05. The lowest BCUT2D eigenvalue weighted by Crippen LogP contribution is -2.12. The van der Waals surface area contributed by atoms with E-state index in [0.717, 1.165) is 11.1 Å². The third-order valence-electron chi connectivity index (χ3n) is 2.43. The maximum absolute atomic E-state index is 6.10. The number of methoxy groups -OCH3 is 1. The zero-order chi connectivity index (χ0) is 11.5. The van der Waals surface area contributed by atoms with E-state index in [1.54, 1.807) is 31.8 Å². The Kier molecular flexibility index (Phi) is 3.17. The molecular formula is C12H12ClNO2. The predicted octanol–water partition coefficient (Wildman–Crippen LogP) is 2.99. The molecule has 2 rings (SSSR count). The maximum atomic E-state index is 6.10. The van der Waals surface area contributed by atoms with Crippen LogP contribution in [0.3, 0.4) is 0 Å². The topological polar surface area (TPSA) is 48.4 Å². The number of benzene rings is 1. The molecule has 0 aliphatic carbocycles. The fraction of sp³-hybridized carbons (Fsp3) is 0.167. The molecule has 1 aromatic heterocycles. The molecular weight excluding hydrogens is 226 g/mol. The summed E-state index contributed by atoms with van der Waals surface area (Å²) in [5.41, 5.74) is 7.89. The minimum atomic E-state index is -0.272. The van der Waals surface area contributed by atoms with Crippen LogP contribution in [0.4, 0.5) is 0 Å². The van der Waals surface area contributed by atoms with Gasteiger partial charge >= 0.3 is 0 Å². The minimum absolute atomic E-state index is 0.272. The van der Waals surface area contributed by atoms with E-state index in [9.17, 15) is 0 Å². The summed E-state index contributed by atoms with van der Waals surface area (Å²) >= 11 is 5.89. The molecule has 3 nitrogen and oxygen atoms in total. The van der Waals surface area contributed by atoms with Crippen LogP contribution in [0, 0.1) is 0 Å². The van der Waals surface area contributed by atoms with Gasteiger partial charge in [-0.3, -0.25) is 0 Å². The third-order valence-corrected chi connectivity index (χ3v) is 2.67. The zero-order valence-corrected chi connectivity index (χ0v) is 9.57. The van der Waals surface area contributed by atoms with Gasteiger partial charge in [0.25, 0.3) is 0 Å². The van der Waals surface area contributed by atoms with Gasteiger partial charge in [0.1, 0.15) is 5.75 Å². The van der Waals surface area contributed by atoms with Gasteiger partial charge in [0.05, 0.1) is 25.7 Å². The normalized spacial score (nSPS) is 12.4. The summed E-state index contributed by atoms with van der Waals surface area (Å²) in [7, 11) is 1.59. The largest absolute Gasteiger partial charge is 0.496 e. The van der Waals surface area contributed by atoms with E-state index in [-0.39, 0.29) is 6.04 Å². The molecule has 1 unspecified atom stereocenters. The van der Waals surface area contributed by atoms with Crippen molar-refractivity contribution in [3.63, 3.8) is 0 Å². The van der Waals surface area contributed by atoms with Gasteiger partial charge in [-0.05, 0) is 18.2 Å².